The Morgan fingerprint density at radius 2 is 1.70 bits per heavy atom. The molecule has 0 aliphatic rings. The summed E-state index contributed by atoms with van der Waals surface area (Å²) in [7, 11) is 0. The Morgan fingerprint density at radius 3 is 2.30 bits per heavy atom. The van der Waals surface area contributed by atoms with E-state index in [0.29, 0.717) is 0 Å². The van der Waals surface area contributed by atoms with Crippen LogP contribution in [0.25, 0.3) is 0 Å². The van der Waals surface area contributed by atoms with Crippen molar-refractivity contribution in [3.63, 3.8) is 0 Å². The van der Waals surface area contributed by atoms with Crippen LogP contribution < -0.4 is 10.5 Å². The lowest BCUT2D eigenvalue weighted by Crippen LogP contribution is -2.06. The first-order valence-corrected chi connectivity index (χ1v) is 8.14. The summed E-state index contributed by atoms with van der Waals surface area (Å²) in [5.74, 6) is 1.00. The molecule has 20 heavy (non-hydrogen) atoms. The second kappa shape index (κ2) is 9.82. The van der Waals surface area contributed by atoms with Gasteiger partial charge in [-0.2, -0.15) is 0 Å². The summed E-state index contributed by atoms with van der Waals surface area (Å²) in [5.41, 5.74) is 8.24. The highest BCUT2D eigenvalue weighted by molar-refractivity contribution is 5.37. The molecule has 0 spiro atoms. The van der Waals surface area contributed by atoms with Crippen molar-refractivity contribution in [1.82, 2.24) is 0 Å². The summed E-state index contributed by atoms with van der Waals surface area (Å²) in [4.78, 5) is 0. The van der Waals surface area contributed by atoms with E-state index in [4.69, 9.17) is 10.5 Å². The molecule has 0 saturated carbocycles. The predicted octanol–water partition coefficient (Wildman–Crippen LogP) is 5.14. The van der Waals surface area contributed by atoms with Crippen molar-refractivity contribution in [3.05, 3.63) is 29.3 Å². The Balaban J connectivity index is 2.19. The van der Waals surface area contributed by atoms with E-state index in [0.717, 1.165) is 18.8 Å². The van der Waals surface area contributed by atoms with Crippen molar-refractivity contribution in [2.75, 3.05) is 6.61 Å². The van der Waals surface area contributed by atoms with Crippen LogP contribution in [0.5, 0.6) is 5.75 Å². The highest BCUT2D eigenvalue weighted by Crippen LogP contribution is 2.22. The smallest absolute Gasteiger partial charge is 0.122 e. The highest BCUT2D eigenvalue weighted by atomic mass is 16.5. The molecule has 1 aromatic carbocycles. The number of hydrogen-bond donors (Lipinski definition) is 1. The highest BCUT2D eigenvalue weighted by Gasteiger charge is 2.04. The lowest BCUT2D eigenvalue weighted by atomic mass is 10.1. The van der Waals surface area contributed by atoms with E-state index < -0.39 is 0 Å². The number of nitrogens with two attached hydrogens (primary N) is 1. The second-order valence-corrected chi connectivity index (χ2v) is 5.78. The fourth-order valence-electron chi connectivity index (χ4n) is 2.36. The molecule has 0 aromatic heterocycles. The quantitative estimate of drug-likeness (QED) is 0.601. The molecule has 0 saturated heterocycles. The molecule has 0 unspecified atom stereocenters. The summed E-state index contributed by atoms with van der Waals surface area (Å²) in [5, 5.41) is 0. The van der Waals surface area contributed by atoms with Gasteiger partial charge in [-0.3, -0.25) is 0 Å². The minimum Gasteiger partial charge on any atom is -0.493 e. The molecule has 2 heteroatoms. The zero-order valence-electron chi connectivity index (χ0n) is 13.5. The number of hydrogen-bond acceptors (Lipinski definition) is 2. The van der Waals surface area contributed by atoms with E-state index in [-0.39, 0.29) is 6.04 Å². The topological polar surface area (TPSA) is 35.2 Å². The van der Waals surface area contributed by atoms with Crippen LogP contribution in [0.1, 0.15) is 76.0 Å². The number of benzene rings is 1. The minimum atomic E-state index is 0.0888. The third-order valence-electron chi connectivity index (χ3n) is 3.73. The van der Waals surface area contributed by atoms with Gasteiger partial charge in [0.1, 0.15) is 5.75 Å². The molecule has 0 amide bonds. The van der Waals surface area contributed by atoms with Crippen molar-refractivity contribution in [2.24, 2.45) is 5.73 Å². The van der Waals surface area contributed by atoms with Gasteiger partial charge in [0.25, 0.3) is 0 Å². The molecule has 0 fully saturated rings. The Labute approximate surface area is 124 Å². The van der Waals surface area contributed by atoms with Crippen LogP contribution in [0.2, 0.25) is 0 Å². The average Bonchev–Trinajstić information content (AvgIpc) is 2.43. The van der Waals surface area contributed by atoms with Crippen LogP contribution in [-0.2, 0) is 0 Å². The van der Waals surface area contributed by atoms with Gasteiger partial charge < -0.3 is 10.5 Å². The molecule has 0 aliphatic carbocycles. The van der Waals surface area contributed by atoms with Gasteiger partial charge >= 0.3 is 0 Å². The molecule has 1 atom stereocenters. The third kappa shape index (κ3) is 6.42. The maximum absolute atomic E-state index is 5.88. The van der Waals surface area contributed by atoms with Gasteiger partial charge in [0.2, 0.25) is 0 Å². The Hall–Kier alpha value is -1.02. The van der Waals surface area contributed by atoms with Gasteiger partial charge in [0.05, 0.1) is 6.61 Å². The first kappa shape index (κ1) is 17.0. The SMILES string of the molecule is CCCCCCCCCOc1ccc([C@H](C)N)cc1C. The fourth-order valence-corrected chi connectivity index (χ4v) is 2.36. The normalized spacial score (nSPS) is 12.4. The zero-order valence-corrected chi connectivity index (χ0v) is 13.5. The van der Waals surface area contributed by atoms with Gasteiger partial charge in [-0.1, -0.05) is 57.6 Å². The van der Waals surface area contributed by atoms with Crippen molar-refractivity contribution in [1.29, 1.82) is 0 Å². The molecule has 1 aromatic rings. The molecule has 2 N–H and O–H groups in total. The van der Waals surface area contributed by atoms with Crippen LogP contribution in [-0.4, -0.2) is 6.61 Å². The number of rotatable bonds is 10. The summed E-state index contributed by atoms with van der Waals surface area (Å²) in [6.07, 6.45) is 9.22. The lowest BCUT2D eigenvalue weighted by Gasteiger charge is -2.12. The summed E-state index contributed by atoms with van der Waals surface area (Å²) in [6, 6.07) is 6.34. The molecular weight excluding hydrogens is 246 g/mol. The van der Waals surface area contributed by atoms with Gasteiger partial charge in [-0.05, 0) is 37.5 Å². The lowest BCUT2D eigenvalue weighted by molar-refractivity contribution is 0.302. The Bertz CT molecular complexity index is 374. The minimum absolute atomic E-state index is 0.0888. The molecule has 0 radical (unpaired) electrons. The predicted molar refractivity (Wildman–Crippen MR) is 87.3 cm³/mol. The van der Waals surface area contributed by atoms with Crippen LogP contribution in [0.4, 0.5) is 0 Å². The molecule has 2 nitrogen and oxygen atoms in total. The molecule has 0 bridgehead atoms. The van der Waals surface area contributed by atoms with Gasteiger partial charge in [-0.25, -0.2) is 0 Å². The molecule has 114 valence electrons. The second-order valence-electron chi connectivity index (χ2n) is 5.78. The number of unbranched alkanes of at least 4 members (excludes halogenated alkanes) is 6. The van der Waals surface area contributed by atoms with Crippen molar-refractivity contribution >= 4 is 0 Å². The first-order chi connectivity index (χ1) is 9.65. The van der Waals surface area contributed by atoms with E-state index >= 15 is 0 Å². The standard InChI is InChI=1S/C18H31NO/c1-4-5-6-7-8-9-10-13-20-18-12-11-17(16(3)19)14-15(18)2/h11-12,14,16H,4-10,13,19H2,1-3H3/t16-/m0/s1. The third-order valence-corrected chi connectivity index (χ3v) is 3.73. The number of aryl methyl sites for hydroxylation is 1. The van der Waals surface area contributed by atoms with Gasteiger partial charge in [-0.15, -0.1) is 0 Å². The molecule has 0 heterocycles. The summed E-state index contributed by atoms with van der Waals surface area (Å²) >= 11 is 0. The number of ether oxygens (including phenoxy) is 1. The molecular formula is C18H31NO. The van der Waals surface area contributed by atoms with Crippen molar-refractivity contribution in [2.45, 2.75) is 71.8 Å². The van der Waals surface area contributed by atoms with Crippen LogP contribution in [0.3, 0.4) is 0 Å². The maximum Gasteiger partial charge on any atom is 0.122 e. The first-order valence-electron chi connectivity index (χ1n) is 8.14. The molecule has 1 rings (SSSR count). The summed E-state index contributed by atoms with van der Waals surface area (Å²) in [6.45, 7) is 7.18. The molecule has 0 aliphatic heterocycles. The Kier molecular flexibility index (Phi) is 8.36. The van der Waals surface area contributed by atoms with E-state index in [1.807, 2.05) is 6.92 Å². The van der Waals surface area contributed by atoms with E-state index in [2.05, 4.69) is 32.0 Å². The monoisotopic (exact) mass is 277 g/mol. The largest absolute Gasteiger partial charge is 0.493 e. The average molecular weight is 277 g/mol. The summed E-state index contributed by atoms with van der Waals surface area (Å²) < 4.78 is 5.86. The van der Waals surface area contributed by atoms with Crippen LogP contribution in [0.15, 0.2) is 18.2 Å². The Morgan fingerprint density at radius 1 is 1.05 bits per heavy atom. The maximum atomic E-state index is 5.88. The van der Waals surface area contributed by atoms with Crippen molar-refractivity contribution < 1.29 is 4.74 Å². The van der Waals surface area contributed by atoms with Gasteiger partial charge in [0.15, 0.2) is 0 Å². The van der Waals surface area contributed by atoms with E-state index in [9.17, 15) is 0 Å². The fraction of sp³-hybridized carbons (Fsp3) is 0.667. The van der Waals surface area contributed by atoms with Crippen LogP contribution in [0, 0.1) is 6.92 Å². The zero-order chi connectivity index (χ0) is 14.8. The van der Waals surface area contributed by atoms with E-state index in [1.54, 1.807) is 0 Å². The van der Waals surface area contributed by atoms with E-state index in [1.165, 1.54) is 49.7 Å². The van der Waals surface area contributed by atoms with Gasteiger partial charge in [0, 0.05) is 6.04 Å². The van der Waals surface area contributed by atoms with Crippen molar-refractivity contribution in [3.8, 4) is 5.75 Å². The van der Waals surface area contributed by atoms with Crippen LogP contribution >= 0.6 is 0 Å².